The molecule has 9 atom stereocenters. The first kappa shape index (κ1) is 18.7. The Morgan fingerprint density at radius 2 is 2.07 bits per heavy atom. The lowest BCUT2D eigenvalue weighted by Crippen LogP contribution is -2.72. The second kappa shape index (κ2) is 6.09. The van der Waals surface area contributed by atoms with Crippen LogP contribution < -0.4 is 5.73 Å². The molecule has 158 valence electrons. The van der Waals surface area contributed by atoms with E-state index in [1.807, 2.05) is 0 Å². The summed E-state index contributed by atoms with van der Waals surface area (Å²) >= 11 is 0. The number of carbonyl (C=O) groups is 1. The second-order valence-corrected chi connectivity index (χ2v) is 7.41. The predicted octanol–water partition coefficient (Wildman–Crippen LogP) is -3.35. The van der Waals surface area contributed by atoms with E-state index in [2.05, 4.69) is 15.2 Å². The molecule has 5 heterocycles. The third-order valence-electron chi connectivity index (χ3n) is 5.73. The van der Waals surface area contributed by atoms with Gasteiger partial charge in [0.2, 0.25) is 5.79 Å². The molecule has 0 amide bonds. The maximum atomic E-state index is 11.3. The number of aromatic amines is 1. The van der Waals surface area contributed by atoms with E-state index in [1.165, 1.54) is 10.9 Å². The smallest absolute Gasteiger partial charge is 0.335 e. The minimum absolute atomic E-state index is 0.0944. The van der Waals surface area contributed by atoms with Gasteiger partial charge >= 0.3 is 5.97 Å². The summed E-state index contributed by atoms with van der Waals surface area (Å²) in [4.78, 5) is 15.4. The van der Waals surface area contributed by atoms with Crippen LogP contribution in [0.4, 0.5) is 5.82 Å². The summed E-state index contributed by atoms with van der Waals surface area (Å²) in [6.07, 6.45) is -9.88. The number of carboxylic acid groups (broad SMARTS) is 1. The van der Waals surface area contributed by atoms with Gasteiger partial charge in [0.1, 0.15) is 36.3 Å². The molecule has 2 aromatic heterocycles. The Balaban J connectivity index is 1.45. The lowest BCUT2D eigenvalue weighted by molar-refractivity contribution is -0.396. The normalized spacial score (nSPS) is 44.6. The molecule has 5 rings (SSSR count). The summed E-state index contributed by atoms with van der Waals surface area (Å²) in [6, 6.07) is 0. The number of aliphatic hydroxyl groups is 4. The van der Waals surface area contributed by atoms with Gasteiger partial charge in [-0.15, -0.1) is 0 Å². The molecule has 3 aliphatic heterocycles. The number of H-pyrrole nitrogens is 1. The van der Waals surface area contributed by atoms with Gasteiger partial charge in [0.15, 0.2) is 23.5 Å². The number of imidazole rings is 1. The number of hydrogen-bond acceptors (Lipinski definition) is 11. The van der Waals surface area contributed by atoms with Crippen LogP contribution in [0.1, 0.15) is 12.6 Å². The predicted molar refractivity (Wildman–Crippen MR) is 89.0 cm³/mol. The van der Waals surface area contributed by atoms with Crippen molar-refractivity contribution in [3.8, 4) is 0 Å². The van der Waals surface area contributed by atoms with Crippen LogP contribution >= 0.6 is 0 Å². The van der Waals surface area contributed by atoms with Gasteiger partial charge in [-0.05, 0) is 0 Å². The van der Waals surface area contributed by atoms with E-state index in [0.717, 1.165) is 0 Å². The number of nitrogen functional groups attached to an aromatic ring is 1. The van der Waals surface area contributed by atoms with E-state index >= 15 is 0 Å². The van der Waals surface area contributed by atoms with Crippen LogP contribution in [0.2, 0.25) is 0 Å². The summed E-state index contributed by atoms with van der Waals surface area (Å²) < 4.78 is 18.1. The fraction of sp³-hybridized carbons (Fsp3) is 0.667. The molecular formula is C15H19N5O9. The van der Waals surface area contributed by atoms with Gasteiger partial charge in [0.05, 0.1) is 12.4 Å². The number of fused-ring (bicyclic) bond motifs is 3. The van der Waals surface area contributed by atoms with Crippen molar-refractivity contribution in [3.05, 3.63) is 6.33 Å². The highest BCUT2D eigenvalue weighted by Crippen LogP contribution is 2.46. The van der Waals surface area contributed by atoms with E-state index in [9.17, 15) is 30.3 Å². The summed E-state index contributed by atoms with van der Waals surface area (Å²) in [6.45, 7) is 0. The van der Waals surface area contributed by atoms with Crippen LogP contribution in [0, 0.1) is 0 Å². The first-order valence-corrected chi connectivity index (χ1v) is 8.87. The topological polar surface area (TPSA) is 218 Å². The first-order valence-electron chi connectivity index (χ1n) is 8.87. The number of anilines is 1. The molecule has 3 saturated heterocycles. The number of aliphatic carboxylic acids is 1. The highest BCUT2D eigenvalue weighted by Gasteiger charge is 2.65. The minimum Gasteiger partial charge on any atom is -0.479 e. The standard InChI is InChI=1S/C15H19N5O9/c16-11-5-12(19-18-11)20(2-17-5)13-7(22)8-3(27-13)1-4-15(26,29-8)10(23)6(21)9(28-4)14(24)25/h2-4,6-10,13,21-23,26H,1H2,(H,24,25)(H3,16,18,19). The number of nitrogens with two attached hydrogens (primary N) is 1. The SMILES string of the molecule is Nc1[nH]nc2c1ncn2C1OC2CC3OC(C(=O)O)C(O)C(O)C3(O)OC2C1O. The number of nitrogens with zero attached hydrogens (tertiary/aromatic N) is 3. The molecule has 14 nitrogen and oxygen atoms in total. The summed E-state index contributed by atoms with van der Waals surface area (Å²) in [7, 11) is 0. The van der Waals surface area contributed by atoms with Gasteiger partial charge in [-0.2, -0.15) is 5.10 Å². The maximum Gasteiger partial charge on any atom is 0.335 e. The van der Waals surface area contributed by atoms with E-state index in [0.29, 0.717) is 11.2 Å². The van der Waals surface area contributed by atoms with Crippen LogP contribution in [0.5, 0.6) is 0 Å². The van der Waals surface area contributed by atoms with Gasteiger partial charge in [0.25, 0.3) is 0 Å². The summed E-state index contributed by atoms with van der Waals surface area (Å²) in [5.74, 6) is -3.68. The average Bonchev–Trinajstić information content (AvgIpc) is 3.33. The zero-order valence-electron chi connectivity index (χ0n) is 14.7. The monoisotopic (exact) mass is 413 g/mol. The number of rotatable bonds is 2. The number of ether oxygens (including phenoxy) is 3. The maximum absolute atomic E-state index is 11.3. The van der Waals surface area contributed by atoms with Crippen molar-refractivity contribution in [2.45, 2.75) is 61.2 Å². The van der Waals surface area contributed by atoms with Crippen LogP contribution in [-0.2, 0) is 19.0 Å². The molecular weight excluding hydrogens is 394 g/mol. The lowest BCUT2D eigenvalue weighted by Gasteiger charge is -2.51. The number of nitrogens with one attached hydrogen (secondary N) is 1. The Bertz CT molecular complexity index is 963. The summed E-state index contributed by atoms with van der Waals surface area (Å²) in [5, 5.41) is 57.7. The van der Waals surface area contributed by atoms with Crippen molar-refractivity contribution < 1.29 is 44.5 Å². The molecule has 3 aliphatic rings. The van der Waals surface area contributed by atoms with Gasteiger partial charge in [-0.3, -0.25) is 9.67 Å². The molecule has 0 bridgehead atoms. The van der Waals surface area contributed by atoms with Crippen LogP contribution in [0.25, 0.3) is 11.2 Å². The zero-order valence-corrected chi connectivity index (χ0v) is 14.7. The van der Waals surface area contributed by atoms with Crippen LogP contribution in [0.3, 0.4) is 0 Å². The average molecular weight is 413 g/mol. The van der Waals surface area contributed by atoms with E-state index in [-0.39, 0.29) is 12.2 Å². The Morgan fingerprint density at radius 3 is 2.79 bits per heavy atom. The van der Waals surface area contributed by atoms with Crippen molar-refractivity contribution in [1.29, 1.82) is 0 Å². The van der Waals surface area contributed by atoms with Gasteiger partial charge in [-0.1, -0.05) is 0 Å². The van der Waals surface area contributed by atoms with Gasteiger partial charge in [0, 0.05) is 6.42 Å². The molecule has 8 N–H and O–H groups in total. The second-order valence-electron chi connectivity index (χ2n) is 7.41. The molecule has 0 spiro atoms. The zero-order chi connectivity index (χ0) is 20.7. The molecule has 0 radical (unpaired) electrons. The first-order chi connectivity index (χ1) is 13.7. The third kappa shape index (κ3) is 2.45. The molecule has 3 fully saturated rings. The summed E-state index contributed by atoms with van der Waals surface area (Å²) in [5.41, 5.74) is 6.45. The molecule has 29 heavy (non-hydrogen) atoms. The van der Waals surface area contributed by atoms with Crippen molar-refractivity contribution in [1.82, 2.24) is 19.7 Å². The van der Waals surface area contributed by atoms with Crippen molar-refractivity contribution in [2.75, 3.05) is 5.73 Å². The largest absolute Gasteiger partial charge is 0.479 e. The number of carboxylic acids is 1. The van der Waals surface area contributed by atoms with E-state index in [4.69, 9.17) is 19.9 Å². The highest BCUT2D eigenvalue weighted by molar-refractivity contribution is 5.82. The lowest BCUT2D eigenvalue weighted by atomic mass is 9.84. The fourth-order valence-electron chi connectivity index (χ4n) is 4.25. The molecule has 0 aliphatic carbocycles. The number of aliphatic hydroxyl groups excluding tert-OH is 3. The Morgan fingerprint density at radius 1 is 1.31 bits per heavy atom. The van der Waals surface area contributed by atoms with Crippen LogP contribution in [0.15, 0.2) is 6.33 Å². The van der Waals surface area contributed by atoms with Crippen LogP contribution in [-0.4, -0.2) is 99.8 Å². The molecule has 14 heteroatoms. The van der Waals surface area contributed by atoms with Gasteiger partial charge in [-0.25, -0.2) is 9.78 Å². The minimum atomic E-state index is -2.42. The van der Waals surface area contributed by atoms with Crippen molar-refractivity contribution in [2.24, 2.45) is 0 Å². The van der Waals surface area contributed by atoms with E-state index in [1.54, 1.807) is 0 Å². The Labute approximate surface area is 161 Å². The fourth-order valence-corrected chi connectivity index (χ4v) is 4.25. The molecule has 0 aromatic carbocycles. The number of hydrogen-bond donors (Lipinski definition) is 7. The molecule has 2 aromatic rings. The molecule has 9 unspecified atom stereocenters. The Kier molecular flexibility index (Phi) is 3.92. The number of aromatic nitrogens is 4. The molecule has 0 saturated carbocycles. The van der Waals surface area contributed by atoms with Crippen molar-refractivity contribution in [3.63, 3.8) is 0 Å². The van der Waals surface area contributed by atoms with Gasteiger partial charge < -0.3 is 45.5 Å². The van der Waals surface area contributed by atoms with Crippen molar-refractivity contribution >= 4 is 23.0 Å². The van der Waals surface area contributed by atoms with E-state index < -0.39 is 60.7 Å². The third-order valence-corrected chi connectivity index (χ3v) is 5.73. The Hall–Kier alpha value is -2.33. The quantitative estimate of drug-likeness (QED) is 0.257. The highest BCUT2D eigenvalue weighted by atomic mass is 16.7.